The van der Waals surface area contributed by atoms with Gasteiger partial charge < -0.3 is 20.3 Å². The smallest absolute Gasteiger partial charge is 0.258 e. The van der Waals surface area contributed by atoms with Crippen LogP contribution in [0.2, 0.25) is 0 Å². The molecule has 2 aliphatic rings. The minimum Gasteiger partial charge on any atom is -0.493 e. The van der Waals surface area contributed by atoms with Crippen molar-refractivity contribution in [3.63, 3.8) is 0 Å². The van der Waals surface area contributed by atoms with Crippen molar-refractivity contribution >= 4 is 11.8 Å². The van der Waals surface area contributed by atoms with E-state index in [2.05, 4.69) is 4.90 Å². The van der Waals surface area contributed by atoms with Crippen LogP contribution >= 0.6 is 0 Å². The summed E-state index contributed by atoms with van der Waals surface area (Å²) in [6.45, 7) is 5.83. The molecule has 1 atom stereocenters. The molecule has 2 amide bonds. The van der Waals surface area contributed by atoms with Crippen molar-refractivity contribution in [2.45, 2.75) is 57.7 Å². The highest BCUT2D eigenvalue weighted by molar-refractivity contribution is 6.03. The molecule has 0 spiro atoms. The van der Waals surface area contributed by atoms with E-state index in [4.69, 9.17) is 10.5 Å². The summed E-state index contributed by atoms with van der Waals surface area (Å²) in [4.78, 5) is 28.7. The lowest BCUT2D eigenvalue weighted by Crippen LogP contribution is -2.50. The normalized spacial score (nSPS) is 19.4. The number of amides is 2. The minimum absolute atomic E-state index is 0.0648. The highest BCUT2D eigenvalue weighted by Gasteiger charge is 2.34. The SMILES string of the molecule is CC(C)(F)CN1CCC(COc2ccc(-c3cccc(F)c3C(=O)N3CCCCC3C(N)=O)c(F)c2)CC1. The fraction of sp³-hybridized carbons (Fsp3) is 0.517. The highest BCUT2D eigenvalue weighted by Crippen LogP contribution is 2.33. The van der Waals surface area contributed by atoms with Crippen molar-refractivity contribution in [3.8, 4) is 16.9 Å². The number of piperidine rings is 2. The number of halogens is 3. The number of primary amides is 1. The fourth-order valence-electron chi connectivity index (χ4n) is 5.44. The number of carbonyl (C=O) groups is 2. The van der Waals surface area contributed by atoms with Gasteiger partial charge >= 0.3 is 0 Å². The molecule has 38 heavy (non-hydrogen) atoms. The molecule has 9 heteroatoms. The summed E-state index contributed by atoms with van der Waals surface area (Å²) < 4.78 is 50.0. The second-order valence-electron chi connectivity index (χ2n) is 11.0. The summed E-state index contributed by atoms with van der Waals surface area (Å²) in [5.41, 5.74) is 4.16. The second-order valence-corrected chi connectivity index (χ2v) is 11.0. The quantitative estimate of drug-likeness (QED) is 0.523. The topological polar surface area (TPSA) is 75.9 Å². The van der Waals surface area contributed by atoms with Gasteiger partial charge in [-0.1, -0.05) is 12.1 Å². The number of benzene rings is 2. The molecule has 2 aromatic carbocycles. The fourth-order valence-corrected chi connectivity index (χ4v) is 5.44. The Labute approximate surface area is 221 Å². The Bertz CT molecular complexity index is 1160. The van der Waals surface area contributed by atoms with E-state index in [0.29, 0.717) is 31.7 Å². The molecule has 0 aliphatic carbocycles. The summed E-state index contributed by atoms with van der Waals surface area (Å²) in [6, 6.07) is 7.56. The van der Waals surface area contributed by atoms with Gasteiger partial charge in [0.2, 0.25) is 5.91 Å². The Hall–Kier alpha value is -3.07. The number of hydrogen-bond donors (Lipinski definition) is 1. The van der Waals surface area contributed by atoms with Gasteiger partial charge in [-0.3, -0.25) is 9.59 Å². The first-order valence-corrected chi connectivity index (χ1v) is 13.3. The number of nitrogens with zero attached hydrogens (tertiary/aromatic N) is 2. The number of nitrogens with two attached hydrogens (primary N) is 1. The molecule has 1 unspecified atom stereocenters. The van der Waals surface area contributed by atoms with Crippen LogP contribution in [-0.2, 0) is 4.79 Å². The maximum absolute atomic E-state index is 15.3. The Kier molecular flexibility index (Phi) is 8.65. The molecule has 0 bridgehead atoms. The third-order valence-electron chi connectivity index (χ3n) is 7.34. The van der Waals surface area contributed by atoms with Crippen LogP contribution < -0.4 is 10.5 Å². The number of likely N-dealkylation sites (tertiary alicyclic amines) is 2. The molecular weight excluding hydrogens is 495 g/mol. The second kappa shape index (κ2) is 11.8. The van der Waals surface area contributed by atoms with E-state index < -0.39 is 35.2 Å². The Morgan fingerprint density at radius 2 is 1.74 bits per heavy atom. The van der Waals surface area contributed by atoms with E-state index >= 15 is 4.39 Å². The van der Waals surface area contributed by atoms with Gasteiger partial charge in [0.1, 0.15) is 29.1 Å². The zero-order valence-corrected chi connectivity index (χ0v) is 22.0. The lowest BCUT2D eigenvalue weighted by atomic mass is 9.95. The van der Waals surface area contributed by atoms with Crippen molar-refractivity contribution in [1.29, 1.82) is 0 Å². The lowest BCUT2D eigenvalue weighted by Gasteiger charge is -2.34. The van der Waals surface area contributed by atoms with Crippen LogP contribution in [0.1, 0.15) is 56.3 Å². The molecule has 0 radical (unpaired) electrons. The van der Waals surface area contributed by atoms with Gasteiger partial charge in [-0.2, -0.15) is 0 Å². The van der Waals surface area contributed by atoms with Gasteiger partial charge in [0, 0.05) is 30.3 Å². The molecule has 6 nitrogen and oxygen atoms in total. The van der Waals surface area contributed by atoms with Gasteiger partial charge in [0.25, 0.3) is 5.91 Å². The van der Waals surface area contributed by atoms with Gasteiger partial charge in [-0.15, -0.1) is 0 Å². The Morgan fingerprint density at radius 3 is 2.39 bits per heavy atom. The summed E-state index contributed by atoms with van der Waals surface area (Å²) in [6.07, 6.45) is 3.57. The zero-order chi connectivity index (χ0) is 27.4. The summed E-state index contributed by atoms with van der Waals surface area (Å²) in [7, 11) is 0. The van der Waals surface area contributed by atoms with Crippen LogP contribution in [0.3, 0.4) is 0 Å². The summed E-state index contributed by atoms with van der Waals surface area (Å²) in [5.74, 6) is -2.13. The first-order valence-electron chi connectivity index (χ1n) is 13.3. The predicted molar refractivity (Wildman–Crippen MR) is 140 cm³/mol. The van der Waals surface area contributed by atoms with E-state index in [1.807, 2.05) is 0 Å². The van der Waals surface area contributed by atoms with Crippen molar-refractivity contribution in [3.05, 3.63) is 53.6 Å². The molecule has 4 rings (SSSR count). The van der Waals surface area contributed by atoms with E-state index in [1.54, 1.807) is 19.9 Å². The maximum atomic E-state index is 15.3. The first-order chi connectivity index (χ1) is 18.0. The Morgan fingerprint density at radius 1 is 1.00 bits per heavy atom. The van der Waals surface area contributed by atoms with Crippen LogP contribution in [0.15, 0.2) is 36.4 Å². The van der Waals surface area contributed by atoms with E-state index in [0.717, 1.165) is 38.4 Å². The first kappa shape index (κ1) is 28.0. The van der Waals surface area contributed by atoms with Gasteiger partial charge in [-0.05, 0) is 83.2 Å². The number of alkyl halides is 1. The maximum Gasteiger partial charge on any atom is 0.258 e. The number of hydrogen-bond acceptors (Lipinski definition) is 4. The van der Waals surface area contributed by atoms with Gasteiger partial charge in [0.05, 0.1) is 12.2 Å². The minimum atomic E-state index is -1.23. The van der Waals surface area contributed by atoms with E-state index in [-0.39, 0.29) is 29.2 Å². The molecule has 2 aliphatic heterocycles. The van der Waals surface area contributed by atoms with Crippen molar-refractivity contribution in [2.24, 2.45) is 11.7 Å². The molecule has 0 aromatic heterocycles. The monoisotopic (exact) mass is 531 g/mol. The summed E-state index contributed by atoms with van der Waals surface area (Å²) >= 11 is 0. The van der Waals surface area contributed by atoms with Crippen LogP contribution in [0, 0.1) is 17.6 Å². The molecule has 2 heterocycles. The average molecular weight is 532 g/mol. The van der Waals surface area contributed by atoms with Crippen LogP contribution in [0.5, 0.6) is 5.75 Å². The van der Waals surface area contributed by atoms with Gasteiger partial charge in [-0.25, -0.2) is 13.2 Å². The molecule has 2 N–H and O–H groups in total. The van der Waals surface area contributed by atoms with Crippen molar-refractivity contribution in [1.82, 2.24) is 9.80 Å². The molecule has 0 saturated carbocycles. The summed E-state index contributed by atoms with van der Waals surface area (Å²) in [5, 5.41) is 0. The average Bonchev–Trinajstić information content (AvgIpc) is 2.87. The molecule has 2 aromatic rings. The molecule has 2 saturated heterocycles. The molecule has 2 fully saturated rings. The van der Waals surface area contributed by atoms with E-state index in [1.165, 1.54) is 29.2 Å². The zero-order valence-electron chi connectivity index (χ0n) is 22.0. The standard InChI is InChI=1S/C29H36F3N3O3/c1-29(2,32)18-34-14-11-19(12-15-34)17-38-20-9-10-21(24(31)16-20)22-6-5-7-23(30)26(22)28(37)35-13-4-3-8-25(35)27(33)36/h5-7,9-10,16,19,25H,3-4,8,11-15,17-18H2,1-2H3,(H2,33,36). The predicted octanol–water partition coefficient (Wildman–Crippen LogP) is 4.95. The van der Waals surface area contributed by atoms with Crippen LogP contribution in [0.4, 0.5) is 13.2 Å². The number of carbonyl (C=O) groups excluding carboxylic acids is 2. The molecular formula is C29H36F3N3O3. The third kappa shape index (κ3) is 6.67. The highest BCUT2D eigenvalue weighted by atomic mass is 19.1. The third-order valence-corrected chi connectivity index (χ3v) is 7.34. The lowest BCUT2D eigenvalue weighted by molar-refractivity contribution is -0.123. The van der Waals surface area contributed by atoms with Crippen LogP contribution in [0.25, 0.3) is 11.1 Å². The van der Waals surface area contributed by atoms with Gasteiger partial charge in [0.15, 0.2) is 0 Å². The largest absolute Gasteiger partial charge is 0.493 e. The van der Waals surface area contributed by atoms with Crippen molar-refractivity contribution < 1.29 is 27.5 Å². The van der Waals surface area contributed by atoms with Crippen molar-refractivity contribution in [2.75, 3.05) is 32.8 Å². The number of ether oxygens (including phenoxy) is 1. The van der Waals surface area contributed by atoms with Crippen LogP contribution in [-0.4, -0.2) is 66.1 Å². The Balaban J connectivity index is 1.46. The number of rotatable bonds is 8. The van der Waals surface area contributed by atoms with E-state index in [9.17, 15) is 18.4 Å². The molecule has 206 valence electrons.